The molecule has 0 aliphatic rings. The maximum absolute atomic E-state index is 10.0. The van der Waals surface area contributed by atoms with Crippen LogP contribution in [-0.4, -0.2) is 29.0 Å². The number of aliphatic carboxylic acids is 1. The molecule has 0 bridgehead atoms. The van der Waals surface area contributed by atoms with Crippen molar-refractivity contribution in [2.45, 2.75) is 12.3 Å². The quantitative estimate of drug-likeness (QED) is 0.283. The Morgan fingerprint density at radius 2 is 2.23 bits per heavy atom. The molecular weight excluding hydrogens is 216 g/mol. The first-order valence-electron chi connectivity index (χ1n) is 3.21. The third kappa shape index (κ3) is 11.3. The van der Waals surface area contributed by atoms with E-state index in [1.807, 2.05) is 0 Å². The highest BCUT2D eigenvalue weighted by Crippen LogP contribution is 2.05. The summed E-state index contributed by atoms with van der Waals surface area (Å²) >= 11 is 1.15. The van der Waals surface area contributed by atoms with Crippen LogP contribution in [0.25, 0.3) is 0 Å². The first-order chi connectivity index (χ1) is 5.52. The molecule has 0 aromatic rings. The molecule has 0 aliphatic carbocycles. The van der Waals surface area contributed by atoms with E-state index >= 15 is 0 Å². The molecule has 0 heterocycles. The van der Waals surface area contributed by atoms with Gasteiger partial charge in [-0.3, -0.25) is 9.52 Å². The highest BCUT2D eigenvalue weighted by atomic mass is 35.5. The van der Waals surface area contributed by atoms with Gasteiger partial charge in [-0.15, -0.1) is 12.4 Å². The van der Waals surface area contributed by atoms with E-state index in [9.17, 15) is 4.79 Å². The summed E-state index contributed by atoms with van der Waals surface area (Å²) in [6.07, 6.45) is 0. The molecule has 13 heavy (non-hydrogen) atoms. The van der Waals surface area contributed by atoms with E-state index in [0.29, 0.717) is 0 Å². The molecule has 0 rings (SSSR count). The average molecular weight is 229 g/mol. The fourth-order valence-corrected chi connectivity index (χ4v) is 1.08. The van der Waals surface area contributed by atoms with Crippen LogP contribution in [0.3, 0.4) is 0 Å². The molecule has 6 N–H and O–H groups in total. The molecule has 0 radical (unpaired) electrons. The van der Waals surface area contributed by atoms with E-state index in [1.54, 1.807) is 6.92 Å². The van der Waals surface area contributed by atoms with E-state index in [0.717, 1.165) is 11.9 Å². The normalized spacial score (nSPS) is 11.2. The maximum Gasteiger partial charge on any atom is 0.318 e. The number of halogens is 1. The Morgan fingerprint density at radius 3 is 2.62 bits per heavy atom. The van der Waals surface area contributed by atoms with Gasteiger partial charge in [0.05, 0.1) is 0 Å². The summed E-state index contributed by atoms with van der Waals surface area (Å²) in [5, 5.41) is 8.06. The van der Waals surface area contributed by atoms with E-state index < -0.39 is 5.97 Å². The lowest BCUT2D eigenvalue weighted by atomic mass is 10.7. The van der Waals surface area contributed by atoms with Crippen LogP contribution in [0.4, 0.5) is 0 Å². The number of carboxylic acids is 1. The van der Waals surface area contributed by atoms with Crippen molar-refractivity contribution in [3.63, 3.8) is 0 Å². The molecule has 0 fully saturated rings. The molecule has 6 nitrogen and oxygen atoms in total. The smallest absolute Gasteiger partial charge is 0.318 e. The highest BCUT2D eigenvalue weighted by molar-refractivity contribution is 7.98. The molecule has 0 aromatic carbocycles. The molecule has 1 unspecified atom stereocenters. The van der Waals surface area contributed by atoms with Crippen molar-refractivity contribution in [1.82, 2.24) is 4.72 Å². The van der Waals surface area contributed by atoms with Gasteiger partial charge in [0.1, 0.15) is 11.9 Å². The second kappa shape index (κ2) is 7.96. The van der Waals surface area contributed by atoms with Crippen molar-refractivity contribution in [1.29, 1.82) is 0 Å². The van der Waals surface area contributed by atoms with E-state index in [4.69, 9.17) is 16.6 Å². The number of carbonyl (C=O) groups is 1. The monoisotopic (exact) mass is 228 g/mol. The zero-order chi connectivity index (χ0) is 9.56. The molecule has 1 atom stereocenters. The van der Waals surface area contributed by atoms with Crippen molar-refractivity contribution in [3.05, 3.63) is 0 Å². The SMILES string of the molecule is CC(N=C(N)N)SNCC(=O)O.Cl. The van der Waals surface area contributed by atoms with Crippen LogP contribution in [0.5, 0.6) is 0 Å². The van der Waals surface area contributed by atoms with Crippen LogP contribution in [0.15, 0.2) is 4.99 Å². The number of hydrogen-bond donors (Lipinski definition) is 4. The van der Waals surface area contributed by atoms with Crippen LogP contribution < -0.4 is 16.2 Å². The van der Waals surface area contributed by atoms with Gasteiger partial charge >= 0.3 is 5.97 Å². The topological polar surface area (TPSA) is 114 Å². The van der Waals surface area contributed by atoms with Crippen molar-refractivity contribution < 1.29 is 9.90 Å². The predicted octanol–water partition coefficient (Wildman–Crippen LogP) is -0.650. The summed E-state index contributed by atoms with van der Waals surface area (Å²) < 4.78 is 2.59. The Labute approximate surface area is 86.7 Å². The molecule has 0 saturated carbocycles. The van der Waals surface area contributed by atoms with Gasteiger partial charge in [0.2, 0.25) is 0 Å². The zero-order valence-corrected chi connectivity index (χ0v) is 8.69. The summed E-state index contributed by atoms with van der Waals surface area (Å²) in [5.41, 5.74) is 10.2. The third-order valence-electron chi connectivity index (χ3n) is 0.808. The number of nitrogens with one attached hydrogen (secondary N) is 1. The Hall–Kier alpha value is -0.660. The lowest BCUT2D eigenvalue weighted by molar-refractivity contribution is -0.135. The second-order valence-corrected chi connectivity index (χ2v) is 3.19. The summed E-state index contributed by atoms with van der Waals surface area (Å²) in [4.78, 5) is 13.8. The van der Waals surface area contributed by atoms with E-state index in [2.05, 4.69) is 9.71 Å². The van der Waals surface area contributed by atoms with Gasteiger partial charge < -0.3 is 16.6 Å². The minimum absolute atomic E-state index is 0. The Balaban J connectivity index is 0. The Morgan fingerprint density at radius 1 is 1.69 bits per heavy atom. The average Bonchev–Trinajstić information content (AvgIpc) is 1.84. The van der Waals surface area contributed by atoms with E-state index in [1.165, 1.54) is 0 Å². The van der Waals surface area contributed by atoms with Gasteiger partial charge in [-0.05, 0) is 6.92 Å². The number of carboxylic acid groups (broad SMARTS) is 1. The van der Waals surface area contributed by atoms with Crippen LogP contribution in [0, 0.1) is 0 Å². The van der Waals surface area contributed by atoms with Crippen LogP contribution >= 0.6 is 24.4 Å². The number of rotatable bonds is 5. The van der Waals surface area contributed by atoms with Crippen LogP contribution in [-0.2, 0) is 4.79 Å². The number of nitrogens with zero attached hydrogens (tertiary/aromatic N) is 1. The molecule has 0 aromatic heterocycles. The molecule has 0 aliphatic heterocycles. The molecule has 0 spiro atoms. The largest absolute Gasteiger partial charge is 0.480 e. The maximum atomic E-state index is 10.0. The number of guanidine groups is 1. The van der Waals surface area contributed by atoms with E-state index in [-0.39, 0.29) is 30.3 Å². The number of hydrogen-bond acceptors (Lipinski definition) is 4. The molecular formula is C5H13ClN4O2S. The molecule has 0 amide bonds. The van der Waals surface area contributed by atoms with Gasteiger partial charge in [-0.25, -0.2) is 4.99 Å². The van der Waals surface area contributed by atoms with Crippen LogP contribution in [0.2, 0.25) is 0 Å². The van der Waals surface area contributed by atoms with Crippen molar-refractivity contribution in [3.8, 4) is 0 Å². The van der Waals surface area contributed by atoms with Crippen molar-refractivity contribution >= 4 is 36.3 Å². The van der Waals surface area contributed by atoms with Gasteiger partial charge in [-0.2, -0.15) is 0 Å². The number of aliphatic imine (C=N–C) groups is 1. The lowest BCUT2D eigenvalue weighted by Gasteiger charge is -2.05. The van der Waals surface area contributed by atoms with Gasteiger partial charge in [0, 0.05) is 0 Å². The predicted molar refractivity (Wildman–Crippen MR) is 55.7 cm³/mol. The fourth-order valence-electron chi connectivity index (χ4n) is 0.460. The van der Waals surface area contributed by atoms with Gasteiger partial charge in [0.25, 0.3) is 0 Å². The van der Waals surface area contributed by atoms with Gasteiger partial charge in [0.15, 0.2) is 5.96 Å². The molecule has 8 heteroatoms. The lowest BCUT2D eigenvalue weighted by Crippen LogP contribution is -2.25. The first-order valence-corrected chi connectivity index (χ1v) is 4.09. The first kappa shape index (κ1) is 14.8. The summed E-state index contributed by atoms with van der Waals surface area (Å²) in [6.45, 7) is 1.63. The minimum atomic E-state index is -0.917. The fraction of sp³-hybridized carbons (Fsp3) is 0.600. The summed E-state index contributed by atoms with van der Waals surface area (Å²) in [5.74, 6) is -0.925. The Kier molecular flexibility index (Phi) is 9.09. The van der Waals surface area contributed by atoms with Crippen molar-refractivity contribution in [2.75, 3.05) is 6.54 Å². The zero-order valence-electron chi connectivity index (χ0n) is 7.06. The summed E-state index contributed by atoms with van der Waals surface area (Å²) in [7, 11) is 0. The summed E-state index contributed by atoms with van der Waals surface area (Å²) in [6, 6.07) is 0. The van der Waals surface area contributed by atoms with Gasteiger partial charge in [-0.1, -0.05) is 11.9 Å². The third-order valence-corrected chi connectivity index (χ3v) is 1.57. The Bertz CT molecular complexity index is 185. The second-order valence-electron chi connectivity index (χ2n) is 1.99. The molecule has 0 saturated heterocycles. The minimum Gasteiger partial charge on any atom is -0.480 e. The van der Waals surface area contributed by atoms with Crippen LogP contribution in [0.1, 0.15) is 6.92 Å². The molecule has 78 valence electrons. The van der Waals surface area contributed by atoms with Crippen molar-refractivity contribution in [2.24, 2.45) is 16.5 Å². The number of nitrogens with two attached hydrogens (primary N) is 2. The highest BCUT2D eigenvalue weighted by Gasteiger charge is 2.01. The standard InChI is InChI=1S/C5H12N4O2S.ClH/c1-3(9-5(6)7)12-8-2-4(10)11;/h3,8H,2H2,1H3,(H,10,11)(H4,6,7,9);1H.